The normalized spacial score (nSPS) is 17.7. The maximum absolute atomic E-state index is 13.6. The van der Waals surface area contributed by atoms with Crippen LogP contribution in [0.3, 0.4) is 0 Å². The fraction of sp³-hybridized carbons (Fsp3) is 0.409. The van der Waals surface area contributed by atoms with Crippen LogP contribution in [0.1, 0.15) is 77.1 Å². The van der Waals surface area contributed by atoms with E-state index in [1.54, 1.807) is 4.90 Å². The second-order valence-electron chi connectivity index (χ2n) is 15.9. The second kappa shape index (κ2) is 17.5. The van der Waals surface area contributed by atoms with E-state index in [2.05, 4.69) is 74.1 Å². The van der Waals surface area contributed by atoms with E-state index in [9.17, 15) is 19.2 Å². The second-order valence-corrected chi connectivity index (χ2v) is 16.3. The minimum Gasteiger partial charge on any atom is -0.453 e. The molecule has 0 bridgehead atoms. The number of halogens is 1. The summed E-state index contributed by atoms with van der Waals surface area (Å²) >= 11 is 6.70. The van der Waals surface area contributed by atoms with Crippen LogP contribution in [0.4, 0.5) is 9.59 Å². The van der Waals surface area contributed by atoms with Gasteiger partial charge in [-0.3, -0.25) is 9.59 Å². The Bertz CT molecular complexity index is 2340. The number of methoxy groups -OCH3 is 2. The van der Waals surface area contributed by atoms with E-state index in [1.165, 1.54) is 14.2 Å². The van der Waals surface area contributed by atoms with Crippen LogP contribution in [0.5, 0.6) is 0 Å². The van der Waals surface area contributed by atoms with Crippen molar-refractivity contribution >= 4 is 46.4 Å². The molecule has 4 atom stereocenters. The van der Waals surface area contributed by atoms with Crippen molar-refractivity contribution in [2.45, 2.75) is 77.5 Å². The van der Waals surface area contributed by atoms with Gasteiger partial charge in [0.25, 0.3) is 0 Å². The van der Waals surface area contributed by atoms with Gasteiger partial charge < -0.3 is 39.9 Å². The molecule has 5 aromatic rings. The van der Waals surface area contributed by atoms with Gasteiger partial charge in [-0.2, -0.15) is 0 Å². The average Bonchev–Trinajstić information content (AvgIpc) is 4.08. The zero-order valence-corrected chi connectivity index (χ0v) is 34.9. The quantitative estimate of drug-likeness (QED) is 0.104. The van der Waals surface area contributed by atoms with Crippen molar-refractivity contribution in [2.24, 2.45) is 11.8 Å². The minimum atomic E-state index is -0.723. The van der Waals surface area contributed by atoms with Crippen LogP contribution in [0.2, 0.25) is 5.15 Å². The highest BCUT2D eigenvalue weighted by Gasteiger charge is 2.39. The Morgan fingerprint density at radius 1 is 0.695 bits per heavy atom. The first kappa shape index (κ1) is 41.3. The molecule has 3 aromatic carbocycles. The molecule has 2 aliphatic rings. The fourth-order valence-electron chi connectivity index (χ4n) is 8.18. The molecule has 0 saturated carbocycles. The summed E-state index contributed by atoms with van der Waals surface area (Å²) in [7, 11) is 2.57. The topological polar surface area (TPSA) is 175 Å². The number of imidazole rings is 2. The lowest BCUT2D eigenvalue weighted by Gasteiger charge is -2.30. The molecule has 0 spiro atoms. The predicted octanol–water partition coefficient (Wildman–Crippen LogP) is 8.03. The Morgan fingerprint density at radius 3 is 1.73 bits per heavy atom. The first-order valence-corrected chi connectivity index (χ1v) is 20.5. The van der Waals surface area contributed by atoms with Gasteiger partial charge in [0.2, 0.25) is 11.8 Å². The van der Waals surface area contributed by atoms with Gasteiger partial charge in [0.15, 0.2) is 5.15 Å². The summed E-state index contributed by atoms with van der Waals surface area (Å²) in [4.78, 5) is 71.0. The first-order valence-electron chi connectivity index (χ1n) is 20.1. The molecule has 0 radical (unpaired) electrons. The molecule has 15 heteroatoms. The Hall–Kier alpha value is -5.89. The van der Waals surface area contributed by atoms with E-state index >= 15 is 0 Å². The van der Waals surface area contributed by atoms with E-state index in [-0.39, 0.29) is 35.7 Å². The molecule has 0 aliphatic carbocycles. The third-order valence-electron chi connectivity index (χ3n) is 11.4. The van der Waals surface area contributed by atoms with Crippen LogP contribution in [0, 0.1) is 11.8 Å². The van der Waals surface area contributed by atoms with Gasteiger partial charge in [0, 0.05) is 24.2 Å². The molecule has 2 fully saturated rings. The first-order chi connectivity index (χ1) is 28.4. The molecule has 4 N–H and O–H groups in total. The summed E-state index contributed by atoms with van der Waals surface area (Å²) in [6, 6.07) is 18.8. The van der Waals surface area contributed by atoms with E-state index in [1.807, 2.05) is 50.9 Å². The molecule has 2 saturated heterocycles. The molecule has 0 unspecified atom stereocenters. The average molecular weight is 823 g/mol. The van der Waals surface area contributed by atoms with Gasteiger partial charge in [0.05, 0.1) is 43.9 Å². The number of carbonyl (C=O) groups is 4. The number of carbonyl (C=O) groups excluding carboxylic acids is 4. The molecule has 59 heavy (non-hydrogen) atoms. The molecule has 14 nitrogen and oxygen atoms in total. The number of amides is 4. The van der Waals surface area contributed by atoms with Crippen LogP contribution in [0.15, 0.2) is 66.9 Å². The van der Waals surface area contributed by atoms with Crippen molar-refractivity contribution in [3.8, 4) is 33.6 Å². The smallest absolute Gasteiger partial charge is 0.407 e. The zero-order valence-electron chi connectivity index (χ0n) is 34.2. The summed E-state index contributed by atoms with van der Waals surface area (Å²) in [6.07, 6.45) is 3.69. The molecule has 2 aliphatic heterocycles. The zero-order chi connectivity index (χ0) is 42.0. The number of H-pyrrole nitrogens is 2. The standard InChI is InChI=1S/C44H51ClN8O6/c1-24(2)35(49-43(56)58-5)41(54)52-19-7-9-33(52)39-46-23-32(47-39)31-18-17-29-21-28(15-16-30(29)22-31)26-11-13-27(14-12-26)37-38(45)51-40(48-37)34-10-8-20-53(34)42(55)36(25(3)4)50-44(57)59-6/h11-18,21-25,33-36H,7-10,19-20H2,1-6H3,(H,46,47)(H,48,51)(H,49,56)(H,50,57)/t33-,34-,35-,36-/m0/s1. The van der Waals surface area contributed by atoms with Crippen LogP contribution in [-0.4, -0.2) is 93.1 Å². The van der Waals surface area contributed by atoms with Crippen molar-refractivity contribution in [1.29, 1.82) is 0 Å². The maximum atomic E-state index is 13.6. The molecule has 4 heterocycles. The molecular formula is C44H51ClN8O6. The van der Waals surface area contributed by atoms with Crippen LogP contribution in [0.25, 0.3) is 44.4 Å². The number of aromatic nitrogens is 4. The Kier molecular flexibility index (Phi) is 12.3. The van der Waals surface area contributed by atoms with Gasteiger partial charge in [-0.25, -0.2) is 19.6 Å². The largest absolute Gasteiger partial charge is 0.453 e. The summed E-state index contributed by atoms with van der Waals surface area (Å²) in [5, 5.41) is 7.86. The lowest BCUT2D eigenvalue weighted by Crippen LogP contribution is -2.51. The minimum absolute atomic E-state index is 0.111. The van der Waals surface area contributed by atoms with Crippen LogP contribution >= 0.6 is 11.6 Å². The number of hydrogen-bond acceptors (Lipinski definition) is 8. The number of alkyl carbamates (subject to hydrolysis) is 2. The van der Waals surface area contributed by atoms with Crippen molar-refractivity contribution < 1.29 is 28.7 Å². The van der Waals surface area contributed by atoms with Crippen LogP contribution in [-0.2, 0) is 19.1 Å². The molecule has 7 rings (SSSR count). The van der Waals surface area contributed by atoms with Gasteiger partial charge >= 0.3 is 12.2 Å². The molecule has 2 aromatic heterocycles. The van der Waals surface area contributed by atoms with E-state index in [0.717, 1.165) is 70.2 Å². The van der Waals surface area contributed by atoms with E-state index < -0.39 is 24.3 Å². The SMILES string of the molecule is COC(=O)N[C@H](C(=O)N1CCC[C@H]1c1ncc(-c2ccc3cc(-c4ccc(-c5[nH]c([C@@H]6CCCN6C(=O)[C@@H](NC(=O)OC)C(C)C)nc5Cl)cc4)ccc3c2)[nH]1)C(C)C. The number of hydrogen-bond donors (Lipinski definition) is 4. The maximum Gasteiger partial charge on any atom is 0.407 e. The number of likely N-dealkylation sites (tertiary alicyclic amines) is 2. The summed E-state index contributed by atoms with van der Waals surface area (Å²) < 4.78 is 9.53. The lowest BCUT2D eigenvalue weighted by atomic mass is 9.98. The van der Waals surface area contributed by atoms with Crippen molar-refractivity contribution in [3.63, 3.8) is 0 Å². The van der Waals surface area contributed by atoms with Gasteiger partial charge in [-0.15, -0.1) is 0 Å². The highest BCUT2D eigenvalue weighted by molar-refractivity contribution is 6.32. The molecule has 310 valence electrons. The number of rotatable bonds is 11. The predicted molar refractivity (Wildman–Crippen MR) is 225 cm³/mol. The Morgan fingerprint density at radius 2 is 1.19 bits per heavy atom. The monoisotopic (exact) mass is 822 g/mol. The van der Waals surface area contributed by atoms with Crippen molar-refractivity contribution in [1.82, 2.24) is 40.4 Å². The third kappa shape index (κ3) is 8.63. The number of fused-ring (bicyclic) bond motifs is 1. The lowest BCUT2D eigenvalue weighted by molar-refractivity contribution is -0.136. The number of benzene rings is 3. The van der Waals surface area contributed by atoms with Gasteiger partial charge in [-0.1, -0.05) is 87.8 Å². The summed E-state index contributed by atoms with van der Waals surface area (Å²) in [5.74, 6) is 0.767. The highest BCUT2D eigenvalue weighted by Crippen LogP contribution is 2.37. The Labute approximate surface area is 348 Å². The number of nitrogens with one attached hydrogen (secondary N) is 4. The molecule has 4 amide bonds. The summed E-state index contributed by atoms with van der Waals surface area (Å²) in [6.45, 7) is 8.71. The van der Waals surface area contributed by atoms with E-state index in [4.69, 9.17) is 26.1 Å². The van der Waals surface area contributed by atoms with Crippen molar-refractivity contribution in [3.05, 3.63) is 83.7 Å². The van der Waals surface area contributed by atoms with E-state index in [0.29, 0.717) is 29.8 Å². The fourth-order valence-corrected chi connectivity index (χ4v) is 8.43. The number of aromatic amines is 2. The van der Waals surface area contributed by atoms with Gasteiger partial charge in [-0.05, 0) is 71.6 Å². The van der Waals surface area contributed by atoms with Gasteiger partial charge in [0.1, 0.15) is 23.7 Å². The number of ether oxygens (including phenoxy) is 2. The van der Waals surface area contributed by atoms with Crippen LogP contribution < -0.4 is 10.6 Å². The van der Waals surface area contributed by atoms with Crippen molar-refractivity contribution in [2.75, 3.05) is 27.3 Å². The third-order valence-corrected chi connectivity index (χ3v) is 11.7. The summed E-state index contributed by atoms with van der Waals surface area (Å²) in [5.41, 5.74) is 5.48. The molecular weight excluding hydrogens is 772 g/mol. The highest BCUT2D eigenvalue weighted by atomic mass is 35.5. The Balaban J connectivity index is 1.04. The number of nitrogens with zero attached hydrogens (tertiary/aromatic N) is 4.